The first-order valence-electron chi connectivity index (χ1n) is 12.2. The first kappa shape index (κ1) is 31.2. The van der Waals surface area contributed by atoms with E-state index < -0.39 is 53.7 Å². The Kier molecular flexibility index (Phi) is 8.02. The molecule has 0 amide bonds. The van der Waals surface area contributed by atoms with E-state index in [1.54, 1.807) is 0 Å². The van der Waals surface area contributed by atoms with Crippen LogP contribution in [0.3, 0.4) is 0 Å². The molecule has 44 heavy (non-hydrogen) atoms. The van der Waals surface area contributed by atoms with Crippen molar-refractivity contribution in [2.75, 3.05) is 9.44 Å². The molecular formula is C28H18F6N2O5S3. The summed E-state index contributed by atoms with van der Waals surface area (Å²) in [5.74, 6) is -0.668. The molecule has 0 aliphatic heterocycles. The fraction of sp³-hybridized carbons (Fsp3) is 0.0714. The highest BCUT2D eigenvalue weighted by Gasteiger charge is 2.32. The van der Waals surface area contributed by atoms with Crippen LogP contribution in [0.1, 0.15) is 5.56 Å². The minimum Gasteiger partial charge on any atom is -0.406 e. The SMILES string of the molecule is O=S(=O)(Nc1ccc(-c2cc3ccccc3s2)cc1NS(=O)(=O)c1cccc(C(F)(F)F)c1)c1ccc(OC(F)(F)F)cc1. The Morgan fingerprint density at radius 2 is 1.30 bits per heavy atom. The molecule has 1 aromatic heterocycles. The maximum atomic E-state index is 13.3. The molecule has 0 saturated carbocycles. The van der Waals surface area contributed by atoms with Gasteiger partial charge in [0.2, 0.25) is 0 Å². The zero-order chi connectivity index (χ0) is 31.9. The lowest BCUT2D eigenvalue weighted by molar-refractivity contribution is -0.274. The number of anilines is 2. The largest absolute Gasteiger partial charge is 0.573 e. The van der Waals surface area contributed by atoms with Gasteiger partial charge in [0.15, 0.2) is 0 Å². The monoisotopic (exact) mass is 672 g/mol. The second-order valence-electron chi connectivity index (χ2n) is 9.16. The number of alkyl halides is 6. The third kappa shape index (κ3) is 7.09. The van der Waals surface area contributed by atoms with Crippen molar-refractivity contribution in [3.63, 3.8) is 0 Å². The molecule has 0 bridgehead atoms. The van der Waals surface area contributed by atoms with Crippen molar-refractivity contribution in [1.82, 2.24) is 0 Å². The molecule has 0 saturated heterocycles. The number of sulfonamides is 2. The van der Waals surface area contributed by atoms with Crippen molar-refractivity contribution in [2.24, 2.45) is 0 Å². The van der Waals surface area contributed by atoms with Crippen molar-refractivity contribution >= 4 is 52.8 Å². The van der Waals surface area contributed by atoms with Crippen LogP contribution < -0.4 is 14.2 Å². The van der Waals surface area contributed by atoms with Gasteiger partial charge in [-0.3, -0.25) is 9.44 Å². The summed E-state index contributed by atoms with van der Waals surface area (Å²) in [7, 11) is -9.20. The van der Waals surface area contributed by atoms with Crippen molar-refractivity contribution in [1.29, 1.82) is 0 Å². The second kappa shape index (κ2) is 11.3. The quantitative estimate of drug-likeness (QED) is 0.162. The molecule has 5 aromatic rings. The number of nitrogens with one attached hydrogen (secondary N) is 2. The van der Waals surface area contributed by atoms with E-state index in [1.165, 1.54) is 29.5 Å². The molecule has 7 nitrogen and oxygen atoms in total. The molecule has 0 aliphatic carbocycles. The topological polar surface area (TPSA) is 102 Å². The highest BCUT2D eigenvalue weighted by molar-refractivity contribution is 7.93. The molecule has 0 aliphatic rings. The third-order valence-corrected chi connectivity index (χ3v) is 9.97. The van der Waals surface area contributed by atoms with Crippen molar-refractivity contribution < 1.29 is 47.9 Å². The lowest BCUT2D eigenvalue weighted by Gasteiger charge is -2.17. The van der Waals surface area contributed by atoms with Crippen LogP contribution in [-0.4, -0.2) is 23.2 Å². The first-order chi connectivity index (χ1) is 20.5. The maximum absolute atomic E-state index is 13.3. The van der Waals surface area contributed by atoms with Gasteiger partial charge in [-0.2, -0.15) is 13.2 Å². The lowest BCUT2D eigenvalue weighted by Crippen LogP contribution is -2.19. The van der Waals surface area contributed by atoms with E-state index in [0.717, 1.165) is 46.5 Å². The predicted octanol–water partition coefficient (Wildman–Crippen LogP) is 8.09. The maximum Gasteiger partial charge on any atom is 0.573 e. The van der Waals surface area contributed by atoms with Gasteiger partial charge in [-0.05, 0) is 77.7 Å². The zero-order valence-electron chi connectivity index (χ0n) is 21.8. The summed E-state index contributed by atoms with van der Waals surface area (Å²) in [6.07, 6.45) is -9.82. The minimum atomic E-state index is -5.00. The average molecular weight is 673 g/mol. The number of ether oxygens (including phenoxy) is 1. The molecule has 0 atom stereocenters. The van der Waals surface area contributed by atoms with Gasteiger partial charge in [-0.25, -0.2) is 16.8 Å². The Bertz CT molecular complexity index is 2030. The van der Waals surface area contributed by atoms with Crippen molar-refractivity contribution in [3.8, 4) is 16.2 Å². The Morgan fingerprint density at radius 1 is 0.636 bits per heavy atom. The second-order valence-corrected chi connectivity index (χ2v) is 13.6. The summed E-state index contributed by atoms with van der Waals surface area (Å²) >= 11 is 1.37. The van der Waals surface area contributed by atoms with E-state index in [4.69, 9.17) is 0 Å². The van der Waals surface area contributed by atoms with Crippen LogP contribution in [0.4, 0.5) is 37.7 Å². The predicted molar refractivity (Wildman–Crippen MR) is 153 cm³/mol. The standard InChI is InChI=1S/C28H18F6N2O5S3/c29-27(30,31)19-5-3-6-22(16-19)44(39,40)36-24-14-18(26-15-17-4-1-2-7-25(17)42-26)8-13-23(24)35-43(37,38)21-11-9-20(10-12-21)41-28(32,33)34/h1-16,35-36H. The number of halogens is 6. The van der Waals surface area contributed by atoms with Crippen LogP contribution in [-0.2, 0) is 26.2 Å². The Hall–Kier alpha value is -4.28. The highest BCUT2D eigenvalue weighted by atomic mass is 32.2. The molecule has 4 aromatic carbocycles. The Balaban J connectivity index is 1.54. The lowest BCUT2D eigenvalue weighted by atomic mass is 10.1. The van der Waals surface area contributed by atoms with Crippen LogP contribution in [0.2, 0.25) is 0 Å². The van der Waals surface area contributed by atoms with E-state index in [-0.39, 0.29) is 11.4 Å². The number of benzene rings is 4. The normalized spacial score (nSPS) is 12.7. The van der Waals surface area contributed by atoms with Crippen LogP contribution in [0.25, 0.3) is 20.5 Å². The van der Waals surface area contributed by atoms with Gasteiger partial charge in [-0.1, -0.05) is 30.3 Å². The molecule has 0 fully saturated rings. The highest BCUT2D eigenvalue weighted by Crippen LogP contribution is 2.38. The summed E-state index contributed by atoms with van der Waals surface area (Å²) in [6.45, 7) is 0. The van der Waals surface area contributed by atoms with Crippen LogP contribution >= 0.6 is 11.3 Å². The number of rotatable bonds is 8. The summed E-state index contributed by atoms with van der Waals surface area (Å²) in [5, 5.41) is 0.890. The van der Waals surface area contributed by atoms with Crippen LogP contribution in [0.15, 0.2) is 107 Å². The molecule has 230 valence electrons. The number of fused-ring (bicyclic) bond motifs is 1. The molecule has 0 spiro atoms. The zero-order valence-corrected chi connectivity index (χ0v) is 24.2. The number of hydrogen-bond donors (Lipinski definition) is 2. The van der Waals surface area contributed by atoms with E-state index in [2.05, 4.69) is 14.2 Å². The molecule has 0 radical (unpaired) electrons. The van der Waals surface area contributed by atoms with E-state index in [1.807, 2.05) is 30.3 Å². The minimum absolute atomic E-state index is 0.305. The molecular weight excluding hydrogens is 655 g/mol. The van der Waals surface area contributed by atoms with Gasteiger partial charge in [0.25, 0.3) is 20.0 Å². The fourth-order valence-electron chi connectivity index (χ4n) is 4.06. The fourth-order valence-corrected chi connectivity index (χ4v) is 7.32. The summed E-state index contributed by atoms with van der Waals surface area (Å²) in [5.41, 5.74) is -1.37. The smallest absolute Gasteiger partial charge is 0.406 e. The summed E-state index contributed by atoms with van der Waals surface area (Å²) in [4.78, 5) is -0.527. The summed E-state index contributed by atoms with van der Waals surface area (Å²) in [6, 6.07) is 19.5. The molecule has 5 rings (SSSR count). The molecule has 2 N–H and O–H groups in total. The van der Waals surface area contributed by atoms with Crippen LogP contribution in [0.5, 0.6) is 5.75 Å². The van der Waals surface area contributed by atoms with Gasteiger partial charge in [0.1, 0.15) is 5.75 Å². The van der Waals surface area contributed by atoms with Gasteiger partial charge in [0, 0.05) is 9.58 Å². The van der Waals surface area contributed by atoms with Crippen LogP contribution in [0, 0.1) is 0 Å². The Labute approximate surface area is 250 Å². The van der Waals surface area contributed by atoms with Gasteiger partial charge in [-0.15, -0.1) is 24.5 Å². The molecule has 16 heteroatoms. The number of thiophene rings is 1. The molecule has 0 unspecified atom stereocenters. The third-order valence-electron chi connectivity index (χ3n) is 6.06. The molecule has 1 heterocycles. The van der Waals surface area contributed by atoms with Gasteiger partial charge >= 0.3 is 12.5 Å². The van der Waals surface area contributed by atoms with E-state index in [9.17, 15) is 43.2 Å². The summed E-state index contributed by atoms with van der Waals surface area (Å²) < 4.78 is 139. The van der Waals surface area contributed by atoms with Crippen molar-refractivity contribution in [3.05, 3.63) is 103 Å². The van der Waals surface area contributed by atoms with Gasteiger partial charge < -0.3 is 4.74 Å². The van der Waals surface area contributed by atoms with E-state index in [0.29, 0.717) is 22.6 Å². The first-order valence-corrected chi connectivity index (χ1v) is 16.0. The van der Waals surface area contributed by atoms with Gasteiger partial charge in [0.05, 0.1) is 26.7 Å². The number of hydrogen-bond acceptors (Lipinski definition) is 6. The van der Waals surface area contributed by atoms with Crippen molar-refractivity contribution in [2.45, 2.75) is 22.3 Å². The Morgan fingerprint density at radius 3 is 1.95 bits per heavy atom. The average Bonchev–Trinajstić information content (AvgIpc) is 3.37. The van der Waals surface area contributed by atoms with E-state index >= 15 is 0 Å².